The van der Waals surface area contributed by atoms with Crippen LogP contribution in [0.5, 0.6) is 0 Å². The fourth-order valence-corrected chi connectivity index (χ4v) is 5.39. The van der Waals surface area contributed by atoms with Crippen LogP contribution in [0.15, 0.2) is 60.7 Å². The molecule has 196 valence electrons. The van der Waals surface area contributed by atoms with Gasteiger partial charge < -0.3 is 15.7 Å². The van der Waals surface area contributed by atoms with Gasteiger partial charge in [0, 0.05) is 13.0 Å². The van der Waals surface area contributed by atoms with Gasteiger partial charge in [0.15, 0.2) is 0 Å². The number of carboxylic acids is 1. The summed E-state index contributed by atoms with van der Waals surface area (Å²) >= 11 is 12.6. The Bertz CT molecular complexity index is 1320. The molecule has 0 fully saturated rings. The Balaban J connectivity index is 0.00000380. The highest BCUT2D eigenvalue weighted by Crippen LogP contribution is 2.43. The molecule has 3 aromatic carbocycles. The Morgan fingerprint density at radius 3 is 2.19 bits per heavy atom. The summed E-state index contributed by atoms with van der Waals surface area (Å²) in [4.78, 5) is 27.7. The molecule has 1 aliphatic rings. The van der Waals surface area contributed by atoms with E-state index in [4.69, 9.17) is 28.9 Å². The van der Waals surface area contributed by atoms with E-state index in [1.54, 1.807) is 30.3 Å². The largest absolute Gasteiger partial charge is 0.478 e. The first-order valence-corrected chi connectivity index (χ1v) is 12.7. The third kappa shape index (κ3) is 5.45. The molecular weight excluding hydrogens is 531 g/mol. The van der Waals surface area contributed by atoms with Crippen LogP contribution in [0.3, 0.4) is 0 Å². The number of aryl methyl sites for hydroxylation is 1. The van der Waals surface area contributed by atoms with Crippen LogP contribution in [0.25, 0.3) is 0 Å². The van der Waals surface area contributed by atoms with Gasteiger partial charge in [-0.2, -0.15) is 0 Å². The number of fused-ring (bicyclic) bond motifs is 1. The lowest BCUT2D eigenvalue weighted by atomic mass is 9.78. The molecule has 3 N–H and O–H groups in total. The van der Waals surface area contributed by atoms with Crippen molar-refractivity contribution in [3.63, 3.8) is 0 Å². The van der Waals surface area contributed by atoms with Gasteiger partial charge in [0.1, 0.15) is 5.54 Å². The van der Waals surface area contributed by atoms with Gasteiger partial charge in [0.2, 0.25) is 5.91 Å². The Morgan fingerprint density at radius 2 is 1.62 bits per heavy atom. The van der Waals surface area contributed by atoms with Gasteiger partial charge in [-0.1, -0.05) is 86.4 Å². The van der Waals surface area contributed by atoms with Gasteiger partial charge in [-0.3, -0.25) is 4.79 Å². The molecule has 3 aromatic rings. The maximum atomic E-state index is 13.6. The summed E-state index contributed by atoms with van der Waals surface area (Å²) in [5.74, 6) is -1.64. The molecule has 4 rings (SSSR count). The second kappa shape index (κ2) is 10.9. The van der Waals surface area contributed by atoms with Gasteiger partial charge in [-0.25, -0.2) is 4.79 Å². The number of para-hydroxylation sites is 1. The van der Waals surface area contributed by atoms with Crippen molar-refractivity contribution in [3.8, 4) is 0 Å². The van der Waals surface area contributed by atoms with Crippen molar-refractivity contribution < 1.29 is 14.7 Å². The molecule has 0 aliphatic carbocycles. The quantitative estimate of drug-likeness (QED) is 0.347. The average molecular weight is 562 g/mol. The van der Waals surface area contributed by atoms with Crippen LogP contribution in [0, 0.1) is 0 Å². The molecule has 5 nitrogen and oxygen atoms in total. The number of aromatic carboxylic acids is 1. The van der Waals surface area contributed by atoms with E-state index in [1.165, 1.54) is 5.56 Å². The number of halogens is 3. The van der Waals surface area contributed by atoms with E-state index in [2.05, 4.69) is 32.9 Å². The molecular formula is C29H31Cl3N2O3. The number of amides is 1. The minimum Gasteiger partial charge on any atom is -0.478 e. The van der Waals surface area contributed by atoms with Crippen molar-refractivity contribution in [2.45, 2.75) is 51.0 Å². The summed E-state index contributed by atoms with van der Waals surface area (Å²) in [7, 11) is 0. The highest BCUT2D eigenvalue weighted by Gasteiger charge is 2.47. The minimum atomic E-state index is -1.39. The number of anilines is 1. The SMILES string of the molecule is CC(C)(C)c1ccc(CC(C(N)=O)(c2ccc(Cl)c(Cl)c2)N2CCCc3cccc(C(=O)O)c32)cc1.Cl. The zero-order chi connectivity index (χ0) is 26.3. The molecule has 0 radical (unpaired) electrons. The van der Waals surface area contributed by atoms with E-state index in [0.29, 0.717) is 34.3 Å². The van der Waals surface area contributed by atoms with Crippen LogP contribution in [-0.2, 0) is 28.6 Å². The highest BCUT2D eigenvalue weighted by atomic mass is 35.5. The van der Waals surface area contributed by atoms with Crippen LogP contribution in [0.4, 0.5) is 5.69 Å². The van der Waals surface area contributed by atoms with Gasteiger partial charge in [0.25, 0.3) is 0 Å². The molecule has 0 saturated heterocycles. The second-order valence-electron chi connectivity index (χ2n) is 10.4. The van der Waals surface area contributed by atoms with Crippen LogP contribution < -0.4 is 10.6 Å². The predicted octanol–water partition coefficient (Wildman–Crippen LogP) is 6.79. The maximum absolute atomic E-state index is 13.6. The molecule has 1 unspecified atom stereocenters. The highest BCUT2D eigenvalue weighted by molar-refractivity contribution is 6.42. The molecule has 37 heavy (non-hydrogen) atoms. The number of carbonyl (C=O) groups excluding carboxylic acids is 1. The summed E-state index contributed by atoms with van der Waals surface area (Å²) in [6, 6.07) is 18.4. The van der Waals surface area contributed by atoms with Gasteiger partial charge in [-0.15, -0.1) is 12.4 Å². The normalized spacial score (nSPS) is 14.8. The number of carboxylic acid groups (broad SMARTS) is 1. The number of hydrogen-bond acceptors (Lipinski definition) is 3. The molecule has 0 spiro atoms. The first-order chi connectivity index (χ1) is 16.9. The lowest BCUT2D eigenvalue weighted by Crippen LogP contribution is -2.58. The predicted molar refractivity (Wildman–Crippen MR) is 152 cm³/mol. The summed E-state index contributed by atoms with van der Waals surface area (Å²) in [6.07, 6.45) is 1.69. The maximum Gasteiger partial charge on any atom is 0.337 e. The van der Waals surface area contributed by atoms with Crippen LogP contribution in [0.2, 0.25) is 10.0 Å². The molecule has 8 heteroatoms. The zero-order valence-corrected chi connectivity index (χ0v) is 23.4. The van der Waals surface area contributed by atoms with E-state index < -0.39 is 17.4 Å². The second-order valence-corrected chi connectivity index (χ2v) is 11.2. The standard InChI is InChI=1S/C29H30Cl2N2O3.ClH/c1-28(2,3)20-11-9-18(10-12-20)17-29(27(32)36,21-13-14-23(30)24(31)16-21)33-15-5-7-19-6-4-8-22(25(19)33)26(34)35;/h4,6,8-14,16H,5,7,15,17H2,1-3H3,(H2,32,36)(H,34,35);1H. The molecule has 1 atom stereocenters. The third-order valence-corrected chi connectivity index (χ3v) is 7.73. The fraction of sp³-hybridized carbons (Fsp3) is 0.310. The molecule has 1 aliphatic heterocycles. The smallest absolute Gasteiger partial charge is 0.337 e. The summed E-state index contributed by atoms with van der Waals surface area (Å²) in [6.45, 7) is 6.89. The third-order valence-electron chi connectivity index (χ3n) is 6.99. The van der Waals surface area contributed by atoms with E-state index in [0.717, 1.165) is 17.5 Å². The van der Waals surface area contributed by atoms with E-state index in [9.17, 15) is 14.7 Å². The number of primary amides is 1. The summed E-state index contributed by atoms with van der Waals surface area (Å²) < 4.78 is 0. The topological polar surface area (TPSA) is 83.6 Å². The van der Waals surface area contributed by atoms with Crippen LogP contribution >= 0.6 is 35.6 Å². The number of nitrogens with zero attached hydrogens (tertiary/aromatic N) is 1. The number of rotatable bonds is 6. The Labute approximate surface area is 234 Å². The first kappa shape index (κ1) is 28.8. The molecule has 0 bridgehead atoms. The molecule has 1 amide bonds. The van der Waals surface area contributed by atoms with Crippen molar-refractivity contribution in [1.82, 2.24) is 0 Å². The number of hydrogen-bond donors (Lipinski definition) is 2. The van der Waals surface area contributed by atoms with Crippen molar-refractivity contribution in [2.24, 2.45) is 5.73 Å². The van der Waals surface area contributed by atoms with Gasteiger partial charge in [-0.05, 0) is 58.7 Å². The van der Waals surface area contributed by atoms with Gasteiger partial charge in [0.05, 0.1) is 21.3 Å². The fourth-order valence-electron chi connectivity index (χ4n) is 5.09. The van der Waals surface area contributed by atoms with Crippen molar-refractivity contribution in [1.29, 1.82) is 0 Å². The number of nitrogens with two attached hydrogens (primary N) is 1. The lowest BCUT2D eigenvalue weighted by molar-refractivity contribution is -0.123. The Hall–Kier alpha value is -2.73. The van der Waals surface area contributed by atoms with E-state index in [1.807, 2.05) is 23.1 Å². The van der Waals surface area contributed by atoms with Crippen LogP contribution in [-0.4, -0.2) is 23.5 Å². The molecule has 0 aromatic heterocycles. The van der Waals surface area contributed by atoms with Crippen molar-refractivity contribution >= 4 is 53.2 Å². The first-order valence-electron chi connectivity index (χ1n) is 11.9. The zero-order valence-electron chi connectivity index (χ0n) is 21.1. The summed E-state index contributed by atoms with van der Waals surface area (Å²) in [5.41, 5.74) is 9.00. The Kier molecular flexibility index (Phi) is 8.53. The lowest BCUT2D eigenvalue weighted by Gasteiger charge is -2.47. The van der Waals surface area contributed by atoms with E-state index in [-0.39, 0.29) is 29.8 Å². The van der Waals surface area contributed by atoms with Gasteiger partial charge >= 0.3 is 5.97 Å². The van der Waals surface area contributed by atoms with Crippen LogP contribution in [0.1, 0.15) is 59.8 Å². The Morgan fingerprint density at radius 1 is 0.973 bits per heavy atom. The number of carbonyl (C=O) groups is 2. The van der Waals surface area contributed by atoms with Crippen molar-refractivity contribution in [3.05, 3.63) is 98.5 Å². The molecule has 1 heterocycles. The monoisotopic (exact) mass is 560 g/mol. The van der Waals surface area contributed by atoms with Crippen molar-refractivity contribution in [2.75, 3.05) is 11.4 Å². The average Bonchev–Trinajstić information content (AvgIpc) is 2.83. The minimum absolute atomic E-state index is 0. The summed E-state index contributed by atoms with van der Waals surface area (Å²) in [5, 5.41) is 10.7. The number of benzene rings is 3. The molecule has 0 saturated carbocycles. The van der Waals surface area contributed by atoms with E-state index >= 15 is 0 Å².